The molecule has 2 saturated heterocycles. The van der Waals surface area contributed by atoms with E-state index in [2.05, 4.69) is 0 Å². The number of β-lactam (4-membered cyclic amide) rings is 1. The number of carboxylic acid groups (broad SMARTS) is 1. The molecule has 0 aliphatic carbocycles. The fourth-order valence-electron chi connectivity index (χ4n) is 2.23. The van der Waals surface area contributed by atoms with E-state index in [1.54, 1.807) is 0 Å². The lowest BCUT2D eigenvalue weighted by Gasteiger charge is -2.35. The first-order chi connectivity index (χ1) is 6.71. The first-order valence-electron chi connectivity index (χ1n) is 4.48. The summed E-state index contributed by atoms with van der Waals surface area (Å²) in [7, 11) is -3.57. The lowest BCUT2D eigenvalue weighted by molar-refractivity contribution is -0.157. The Hall–Kier alpha value is -0.820. The van der Waals surface area contributed by atoms with Crippen molar-refractivity contribution in [1.29, 1.82) is 0 Å². The molecule has 0 unspecified atom stereocenters. The lowest BCUT2D eigenvalue weighted by atomic mass is 9.98. The van der Waals surface area contributed by atoms with Crippen LogP contribution in [-0.2, 0) is 19.4 Å². The van der Waals surface area contributed by atoms with Crippen LogP contribution in [0.4, 0.5) is 0 Å². The van der Waals surface area contributed by atoms with Crippen LogP contribution in [0.15, 0.2) is 0 Å². The van der Waals surface area contributed by atoms with Gasteiger partial charge in [-0.25, -0.2) is 13.2 Å². The summed E-state index contributed by atoms with van der Waals surface area (Å²) in [6.07, 6.45) is -0.0878. The fraction of sp³-hybridized carbons (Fsp3) is 0.750. The smallest absolute Gasteiger partial charge is 0.328 e. The summed E-state index contributed by atoms with van der Waals surface area (Å²) in [5, 5.41) is 8.03. The van der Waals surface area contributed by atoms with Crippen LogP contribution in [0.3, 0.4) is 0 Å². The number of hydrogen-bond acceptors (Lipinski definition) is 4. The Balaban J connectivity index is 0.00000128. The standard InChI is InChI=1S/C8H11NO5S.ClH/c1-8(2)6(7(11)12)9-4(10)3-5(9)15(8,13)14;/h5-6H,3H2,1-2H3,(H,11,12);1H/t5-,6+;/m1./s1. The van der Waals surface area contributed by atoms with Gasteiger partial charge in [-0.1, -0.05) is 0 Å². The molecular formula is C8H12ClNO5S. The highest BCUT2D eigenvalue weighted by molar-refractivity contribution is 7.93. The van der Waals surface area contributed by atoms with E-state index in [-0.39, 0.29) is 18.8 Å². The summed E-state index contributed by atoms with van der Waals surface area (Å²) in [5.74, 6) is -1.67. The van der Waals surface area contributed by atoms with Crippen molar-refractivity contribution in [3.63, 3.8) is 0 Å². The normalized spacial score (nSPS) is 33.6. The van der Waals surface area contributed by atoms with Crippen molar-refractivity contribution >= 4 is 34.1 Å². The maximum Gasteiger partial charge on any atom is 0.328 e. The van der Waals surface area contributed by atoms with Gasteiger partial charge in [0.1, 0.15) is 11.4 Å². The van der Waals surface area contributed by atoms with Gasteiger partial charge in [-0.05, 0) is 13.8 Å². The molecule has 0 aromatic rings. The molecule has 2 atom stereocenters. The van der Waals surface area contributed by atoms with Crippen molar-refractivity contribution in [2.45, 2.75) is 36.4 Å². The summed E-state index contributed by atoms with van der Waals surface area (Å²) in [4.78, 5) is 23.2. The van der Waals surface area contributed by atoms with E-state index in [0.29, 0.717) is 0 Å². The molecule has 0 bridgehead atoms. The maximum absolute atomic E-state index is 11.9. The molecule has 1 N–H and O–H groups in total. The van der Waals surface area contributed by atoms with Gasteiger partial charge in [-0.3, -0.25) is 4.79 Å². The van der Waals surface area contributed by atoms with E-state index in [9.17, 15) is 18.0 Å². The van der Waals surface area contributed by atoms with Gasteiger partial charge in [-0.15, -0.1) is 12.4 Å². The molecule has 0 saturated carbocycles. The highest BCUT2D eigenvalue weighted by atomic mass is 35.5. The zero-order valence-corrected chi connectivity index (χ0v) is 10.3. The number of amides is 1. The summed E-state index contributed by atoms with van der Waals surface area (Å²) >= 11 is 0. The van der Waals surface area contributed by atoms with Crippen molar-refractivity contribution < 1.29 is 23.1 Å². The second-order valence-electron chi connectivity index (χ2n) is 4.35. The number of nitrogens with zero attached hydrogens (tertiary/aromatic N) is 1. The Morgan fingerprint density at radius 2 is 2.00 bits per heavy atom. The van der Waals surface area contributed by atoms with Crippen LogP contribution in [0.25, 0.3) is 0 Å². The first-order valence-corrected chi connectivity index (χ1v) is 6.03. The van der Waals surface area contributed by atoms with Crippen LogP contribution in [0.1, 0.15) is 20.3 Å². The summed E-state index contributed by atoms with van der Waals surface area (Å²) in [6, 6.07) is -1.26. The predicted molar refractivity (Wildman–Crippen MR) is 56.9 cm³/mol. The topological polar surface area (TPSA) is 91.8 Å². The molecule has 0 spiro atoms. The number of carbonyl (C=O) groups excluding carboxylic acids is 1. The number of halogens is 1. The zero-order valence-electron chi connectivity index (χ0n) is 8.71. The van der Waals surface area contributed by atoms with E-state index in [1.165, 1.54) is 13.8 Å². The third-order valence-electron chi connectivity index (χ3n) is 3.21. The summed E-state index contributed by atoms with van der Waals surface area (Å²) in [6.45, 7) is 2.71. The Labute approximate surface area is 98.9 Å². The van der Waals surface area contributed by atoms with E-state index in [0.717, 1.165) is 4.90 Å². The van der Waals surface area contributed by atoms with Crippen molar-refractivity contribution in [3.8, 4) is 0 Å². The monoisotopic (exact) mass is 269 g/mol. The van der Waals surface area contributed by atoms with E-state index < -0.39 is 37.9 Å². The lowest BCUT2D eigenvalue weighted by Crippen LogP contribution is -2.57. The highest BCUT2D eigenvalue weighted by Gasteiger charge is 2.67. The third-order valence-corrected chi connectivity index (χ3v) is 6.01. The Bertz CT molecular complexity index is 457. The van der Waals surface area contributed by atoms with Gasteiger partial charge in [0.2, 0.25) is 5.91 Å². The molecule has 0 aromatic carbocycles. The zero-order chi connectivity index (χ0) is 11.6. The van der Waals surface area contributed by atoms with Gasteiger partial charge in [0, 0.05) is 0 Å². The molecule has 2 heterocycles. The number of sulfone groups is 1. The average molecular weight is 270 g/mol. The number of aliphatic carboxylic acids is 1. The SMILES string of the molecule is CC1(C)[C@H](C(=O)O)N2C(=O)C[C@H]2S1(=O)=O.Cl. The van der Waals surface area contributed by atoms with Crippen LogP contribution >= 0.6 is 12.4 Å². The summed E-state index contributed by atoms with van der Waals surface area (Å²) < 4.78 is 22.4. The Morgan fingerprint density at radius 3 is 2.31 bits per heavy atom. The minimum absolute atomic E-state index is 0. The van der Waals surface area contributed by atoms with Crippen molar-refractivity contribution in [3.05, 3.63) is 0 Å². The number of carbonyl (C=O) groups is 2. The number of hydrogen-bond donors (Lipinski definition) is 1. The molecule has 0 radical (unpaired) electrons. The van der Waals surface area contributed by atoms with Crippen LogP contribution in [0.5, 0.6) is 0 Å². The summed E-state index contributed by atoms with van der Waals surface area (Å²) in [5.41, 5.74) is 0. The Kier molecular flexibility index (Phi) is 2.76. The van der Waals surface area contributed by atoms with Gasteiger partial charge in [0.15, 0.2) is 9.84 Å². The second-order valence-corrected chi connectivity index (χ2v) is 7.04. The minimum Gasteiger partial charge on any atom is -0.480 e. The quantitative estimate of drug-likeness (QED) is 0.656. The van der Waals surface area contributed by atoms with Crippen LogP contribution in [0.2, 0.25) is 0 Å². The molecule has 8 heteroatoms. The molecule has 92 valence electrons. The molecule has 2 fully saturated rings. The van der Waals surface area contributed by atoms with Gasteiger partial charge < -0.3 is 10.0 Å². The van der Waals surface area contributed by atoms with E-state index in [1.807, 2.05) is 0 Å². The largest absolute Gasteiger partial charge is 0.480 e. The van der Waals surface area contributed by atoms with Gasteiger partial charge in [0.25, 0.3) is 0 Å². The molecule has 2 rings (SSSR count). The van der Waals surface area contributed by atoms with Crippen molar-refractivity contribution in [2.75, 3.05) is 0 Å². The molecule has 16 heavy (non-hydrogen) atoms. The molecule has 1 amide bonds. The number of fused-ring (bicyclic) bond motifs is 1. The first kappa shape index (κ1) is 13.2. The fourth-order valence-corrected chi connectivity index (χ4v) is 4.36. The molecule has 0 aromatic heterocycles. The van der Waals surface area contributed by atoms with Crippen molar-refractivity contribution in [1.82, 2.24) is 4.90 Å². The maximum atomic E-state index is 11.9. The average Bonchev–Trinajstić information content (AvgIpc) is 2.19. The molecule has 2 aliphatic heterocycles. The highest BCUT2D eigenvalue weighted by Crippen LogP contribution is 2.45. The van der Waals surface area contributed by atoms with E-state index >= 15 is 0 Å². The third kappa shape index (κ3) is 1.21. The van der Waals surface area contributed by atoms with Gasteiger partial charge >= 0.3 is 5.97 Å². The van der Waals surface area contributed by atoms with Gasteiger partial charge in [-0.2, -0.15) is 0 Å². The Morgan fingerprint density at radius 1 is 1.50 bits per heavy atom. The predicted octanol–water partition coefficient (Wildman–Crippen LogP) is -0.373. The second kappa shape index (κ2) is 3.33. The minimum atomic E-state index is -3.57. The van der Waals surface area contributed by atoms with Crippen LogP contribution in [-0.4, -0.2) is 46.5 Å². The molecular weight excluding hydrogens is 258 g/mol. The number of carboxylic acids is 1. The van der Waals surface area contributed by atoms with Gasteiger partial charge in [0.05, 0.1) is 11.2 Å². The number of rotatable bonds is 1. The molecule has 6 nitrogen and oxygen atoms in total. The van der Waals surface area contributed by atoms with Crippen LogP contribution in [0, 0.1) is 0 Å². The van der Waals surface area contributed by atoms with Crippen molar-refractivity contribution in [2.24, 2.45) is 0 Å². The molecule has 2 aliphatic rings. The van der Waals surface area contributed by atoms with Crippen LogP contribution < -0.4 is 0 Å². The van der Waals surface area contributed by atoms with E-state index in [4.69, 9.17) is 5.11 Å².